The molecule has 0 unspecified atom stereocenters. The van der Waals surface area contributed by atoms with E-state index >= 15 is 0 Å². The summed E-state index contributed by atoms with van der Waals surface area (Å²) in [5, 5.41) is 3.13. The van der Waals surface area contributed by atoms with Crippen LogP contribution in [-0.4, -0.2) is 31.8 Å². The fourth-order valence-corrected chi connectivity index (χ4v) is 2.40. The summed E-state index contributed by atoms with van der Waals surface area (Å²) in [6.07, 6.45) is 0.665. The van der Waals surface area contributed by atoms with Gasteiger partial charge in [-0.3, -0.25) is 4.79 Å². The molecule has 1 aromatic carbocycles. The van der Waals surface area contributed by atoms with Crippen LogP contribution in [0.2, 0.25) is 0 Å². The van der Waals surface area contributed by atoms with E-state index in [4.69, 9.17) is 9.47 Å². The first kappa shape index (κ1) is 17.8. The maximum absolute atomic E-state index is 11.5. The van der Waals surface area contributed by atoms with Gasteiger partial charge in [0, 0.05) is 13.0 Å². The molecule has 5 heteroatoms. The topological polar surface area (TPSA) is 47.6 Å². The third-order valence-corrected chi connectivity index (χ3v) is 3.75. The molecule has 1 N–H and O–H groups in total. The van der Waals surface area contributed by atoms with E-state index < -0.39 is 0 Å². The summed E-state index contributed by atoms with van der Waals surface area (Å²) in [4.78, 5) is 11.5. The van der Waals surface area contributed by atoms with Crippen LogP contribution in [0.15, 0.2) is 18.2 Å². The van der Waals surface area contributed by atoms with Gasteiger partial charge in [-0.15, -0.1) is 12.4 Å². The van der Waals surface area contributed by atoms with Crippen molar-refractivity contribution in [2.75, 3.05) is 13.7 Å². The Hall–Kier alpha value is -1.26. The highest BCUT2D eigenvalue weighted by atomic mass is 35.5. The Labute approximate surface area is 132 Å². The number of benzene rings is 1. The van der Waals surface area contributed by atoms with Crippen LogP contribution in [0.5, 0.6) is 5.75 Å². The number of hydrogen-bond acceptors (Lipinski definition) is 4. The van der Waals surface area contributed by atoms with Crippen LogP contribution in [0.3, 0.4) is 0 Å². The maximum atomic E-state index is 11.5. The zero-order chi connectivity index (χ0) is 14.7. The number of ether oxygens (including phenoxy) is 2. The Kier molecular flexibility index (Phi) is 6.49. The molecule has 0 saturated carbocycles. The van der Waals surface area contributed by atoms with Crippen LogP contribution in [0.25, 0.3) is 0 Å². The predicted octanol–water partition coefficient (Wildman–Crippen LogP) is 2.82. The van der Waals surface area contributed by atoms with Gasteiger partial charge in [-0.2, -0.15) is 0 Å². The first-order valence-electron chi connectivity index (χ1n) is 7.09. The molecule has 0 spiro atoms. The van der Waals surface area contributed by atoms with Crippen LogP contribution >= 0.6 is 12.4 Å². The second kappa shape index (κ2) is 7.66. The van der Waals surface area contributed by atoms with E-state index in [9.17, 15) is 4.79 Å². The Morgan fingerprint density at radius 3 is 2.71 bits per heavy atom. The van der Waals surface area contributed by atoms with E-state index in [0.29, 0.717) is 18.9 Å². The molecule has 1 aliphatic rings. The van der Waals surface area contributed by atoms with Crippen molar-refractivity contribution in [3.63, 3.8) is 0 Å². The largest absolute Gasteiger partial charge is 0.489 e. The summed E-state index contributed by atoms with van der Waals surface area (Å²) < 4.78 is 10.8. The van der Waals surface area contributed by atoms with Gasteiger partial charge in [0.2, 0.25) is 0 Å². The molecule has 0 bridgehead atoms. The van der Waals surface area contributed by atoms with E-state index in [1.165, 1.54) is 12.7 Å². The van der Waals surface area contributed by atoms with Gasteiger partial charge < -0.3 is 14.8 Å². The van der Waals surface area contributed by atoms with Crippen molar-refractivity contribution in [3.05, 3.63) is 29.3 Å². The van der Waals surface area contributed by atoms with Gasteiger partial charge in [0.05, 0.1) is 7.11 Å². The van der Waals surface area contributed by atoms with Crippen LogP contribution in [0.1, 0.15) is 37.3 Å². The number of carbonyl (C=O) groups is 1. The summed E-state index contributed by atoms with van der Waals surface area (Å²) in [6, 6.07) is 6.08. The SMILES string of the molecule is COC(=O)[C@@H]1C[C@@H](Oc2cc(C(C)C)ccc2C)CN1.Cl. The molecule has 1 saturated heterocycles. The number of esters is 1. The maximum Gasteiger partial charge on any atom is 0.323 e. The Morgan fingerprint density at radius 2 is 2.10 bits per heavy atom. The minimum Gasteiger partial charge on any atom is -0.489 e. The van der Waals surface area contributed by atoms with Crippen molar-refractivity contribution in [2.45, 2.75) is 45.3 Å². The summed E-state index contributed by atoms with van der Waals surface area (Å²) in [5.74, 6) is 1.17. The third kappa shape index (κ3) is 4.35. The number of nitrogens with one attached hydrogen (secondary N) is 1. The number of aryl methyl sites for hydroxylation is 1. The molecule has 118 valence electrons. The van der Waals surface area contributed by atoms with Crippen molar-refractivity contribution in [3.8, 4) is 5.75 Å². The summed E-state index contributed by atoms with van der Waals surface area (Å²) in [7, 11) is 1.41. The molecule has 0 aliphatic carbocycles. The lowest BCUT2D eigenvalue weighted by Crippen LogP contribution is -2.31. The molecule has 0 aromatic heterocycles. The van der Waals surface area contributed by atoms with Gasteiger partial charge in [-0.05, 0) is 30.0 Å². The summed E-state index contributed by atoms with van der Waals surface area (Å²) in [6.45, 7) is 7.04. The summed E-state index contributed by atoms with van der Waals surface area (Å²) in [5.41, 5.74) is 2.39. The van der Waals surface area contributed by atoms with Crippen LogP contribution in [-0.2, 0) is 9.53 Å². The van der Waals surface area contributed by atoms with Gasteiger partial charge in [0.25, 0.3) is 0 Å². The number of carbonyl (C=O) groups excluding carboxylic acids is 1. The highest BCUT2D eigenvalue weighted by molar-refractivity contribution is 5.85. The number of rotatable bonds is 4. The Balaban J connectivity index is 0.00000220. The molecule has 2 atom stereocenters. The van der Waals surface area contributed by atoms with Gasteiger partial charge in [-0.1, -0.05) is 26.0 Å². The first-order valence-corrected chi connectivity index (χ1v) is 7.09. The lowest BCUT2D eigenvalue weighted by Gasteiger charge is -2.17. The molecule has 2 rings (SSSR count). The average Bonchev–Trinajstić information content (AvgIpc) is 2.88. The van der Waals surface area contributed by atoms with Gasteiger partial charge in [0.1, 0.15) is 17.9 Å². The van der Waals surface area contributed by atoms with E-state index in [1.807, 2.05) is 6.92 Å². The zero-order valence-corrected chi connectivity index (χ0v) is 13.8. The average molecular weight is 314 g/mol. The quantitative estimate of drug-likeness (QED) is 0.868. The first-order chi connectivity index (χ1) is 9.51. The molecule has 1 heterocycles. The number of methoxy groups -OCH3 is 1. The molecule has 1 aromatic rings. The normalized spacial score (nSPS) is 21.0. The zero-order valence-electron chi connectivity index (χ0n) is 13.0. The molecule has 0 radical (unpaired) electrons. The molecular formula is C16H24ClNO3. The van der Waals surface area contributed by atoms with Gasteiger partial charge in [0.15, 0.2) is 0 Å². The minimum absolute atomic E-state index is 0. The van der Waals surface area contributed by atoms with Gasteiger partial charge in [-0.25, -0.2) is 0 Å². The van der Waals surface area contributed by atoms with Gasteiger partial charge >= 0.3 is 5.97 Å². The van der Waals surface area contributed by atoms with E-state index in [1.54, 1.807) is 0 Å². The molecule has 21 heavy (non-hydrogen) atoms. The van der Waals surface area contributed by atoms with Crippen molar-refractivity contribution in [1.82, 2.24) is 5.32 Å². The highest BCUT2D eigenvalue weighted by Crippen LogP contribution is 2.26. The Bertz CT molecular complexity index is 490. The lowest BCUT2D eigenvalue weighted by molar-refractivity contribution is -0.142. The van der Waals surface area contributed by atoms with Crippen molar-refractivity contribution < 1.29 is 14.3 Å². The molecule has 0 amide bonds. The van der Waals surface area contributed by atoms with Crippen LogP contribution in [0.4, 0.5) is 0 Å². The van der Waals surface area contributed by atoms with Crippen molar-refractivity contribution in [1.29, 1.82) is 0 Å². The molecule has 1 fully saturated rings. The Morgan fingerprint density at radius 1 is 1.38 bits per heavy atom. The molecule has 4 nitrogen and oxygen atoms in total. The summed E-state index contributed by atoms with van der Waals surface area (Å²) >= 11 is 0. The van der Waals surface area contributed by atoms with Crippen molar-refractivity contribution in [2.24, 2.45) is 0 Å². The van der Waals surface area contributed by atoms with Crippen molar-refractivity contribution >= 4 is 18.4 Å². The number of hydrogen-bond donors (Lipinski definition) is 1. The standard InChI is InChI=1S/C16H23NO3.ClH/c1-10(2)12-6-5-11(3)15(7-12)20-13-8-14(17-9-13)16(18)19-4;/h5-7,10,13-14,17H,8-9H2,1-4H3;1H/t13-,14+;/m1./s1. The smallest absolute Gasteiger partial charge is 0.323 e. The second-order valence-corrected chi connectivity index (χ2v) is 5.64. The fraction of sp³-hybridized carbons (Fsp3) is 0.562. The second-order valence-electron chi connectivity index (χ2n) is 5.64. The molecular weight excluding hydrogens is 290 g/mol. The minimum atomic E-state index is -0.251. The van der Waals surface area contributed by atoms with E-state index in [2.05, 4.69) is 37.4 Å². The predicted molar refractivity (Wildman–Crippen MR) is 85.4 cm³/mol. The van der Waals surface area contributed by atoms with Crippen LogP contribution < -0.4 is 10.1 Å². The lowest BCUT2D eigenvalue weighted by atomic mass is 10.0. The van der Waals surface area contributed by atoms with Crippen LogP contribution in [0, 0.1) is 6.92 Å². The number of halogens is 1. The monoisotopic (exact) mass is 313 g/mol. The molecule has 1 aliphatic heterocycles. The fourth-order valence-electron chi connectivity index (χ4n) is 2.40. The van der Waals surface area contributed by atoms with E-state index in [0.717, 1.165) is 11.3 Å². The van der Waals surface area contributed by atoms with E-state index in [-0.39, 0.29) is 30.5 Å². The highest BCUT2D eigenvalue weighted by Gasteiger charge is 2.31. The third-order valence-electron chi connectivity index (χ3n) is 3.75.